The summed E-state index contributed by atoms with van der Waals surface area (Å²) in [6.45, 7) is -0.273. The second-order valence-corrected chi connectivity index (χ2v) is 8.71. The number of nitrogens with two attached hydrogens (primary N) is 2. The number of benzene rings is 2. The fourth-order valence-corrected chi connectivity index (χ4v) is 4.04. The third-order valence-electron chi connectivity index (χ3n) is 5.90. The Morgan fingerprint density at radius 2 is 1.70 bits per heavy atom. The summed E-state index contributed by atoms with van der Waals surface area (Å²) in [5, 5.41) is 5.01. The zero-order valence-electron chi connectivity index (χ0n) is 21.9. The van der Waals surface area contributed by atoms with Crippen LogP contribution < -0.4 is 22.1 Å². The molecule has 0 aromatic heterocycles. The Kier molecular flexibility index (Phi) is 11.4. The van der Waals surface area contributed by atoms with Gasteiger partial charge in [0.25, 0.3) is 5.91 Å². The topological polar surface area (TPSA) is 196 Å². The van der Waals surface area contributed by atoms with Crippen LogP contribution in [0.3, 0.4) is 0 Å². The van der Waals surface area contributed by atoms with E-state index in [2.05, 4.69) is 20.4 Å². The lowest BCUT2D eigenvalue weighted by atomic mass is 10.0. The predicted molar refractivity (Wildman–Crippen MR) is 147 cm³/mol. The largest absolute Gasteiger partial charge is 0.469 e. The number of nitrogens with one attached hydrogen (secondary N) is 2. The van der Waals surface area contributed by atoms with Gasteiger partial charge in [0.05, 0.1) is 26.3 Å². The van der Waals surface area contributed by atoms with Crippen molar-refractivity contribution in [2.24, 2.45) is 16.5 Å². The monoisotopic (exact) mass is 574 g/mol. The van der Waals surface area contributed by atoms with Gasteiger partial charge in [0.1, 0.15) is 18.6 Å². The molecule has 40 heavy (non-hydrogen) atoms. The van der Waals surface area contributed by atoms with Crippen LogP contribution in [0.5, 0.6) is 0 Å². The SMILES string of the molecule is COC(=O)C[C@H](NC(=O)CN1Cc2cc(N=C(N)N)ccc2C1=O)C(=O)N[C@@H](Cc1ccccc1)C(=O)OC.Cl. The molecule has 1 aliphatic rings. The van der Waals surface area contributed by atoms with Gasteiger partial charge in [0, 0.05) is 18.5 Å². The maximum Gasteiger partial charge on any atom is 0.328 e. The molecule has 3 amide bonds. The van der Waals surface area contributed by atoms with Crippen LogP contribution in [0.25, 0.3) is 0 Å². The molecule has 0 radical (unpaired) electrons. The van der Waals surface area contributed by atoms with Crippen molar-refractivity contribution in [3.05, 3.63) is 65.2 Å². The molecule has 2 aromatic rings. The highest BCUT2D eigenvalue weighted by Gasteiger charge is 2.32. The number of hydrogen-bond acceptors (Lipinski definition) is 8. The fraction of sp³-hybridized carbons (Fsp3) is 0.308. The van der Waals surface area contributed by atoms with Crippen molar-refractivity contribution in [1.29, 1.82) is 0 Å². The summed E-state index contributed by atoms with van der Waals surface area (Å²) < 4.78 is 9.47. The number of rotatable bonds is 11. The Hall–Kier alpha value is -4.65. The van der Waals surface area contributed by atoms with Gasteiger partial charge >= 0.3 is 11.9 Å². The number of hydrogen-bond donors (Lipinski definition) is 4. The summed E-state index contributed by atoms with van der Waals surface area (Å²) in [4.78, 5) is 68.3. The molecule has 214 valence electrons. The molecule has 3 rings (SSSR count). The third-order valence-corrected chi connectivity index (χ3v) is 5.90. The summed E-state index contributed by atoms with van der Waals surface area (Å²) in [6, 6.07) is 11.3. The Morgan fingerprint density at radius 3 is 2.33 bits per heavy atom. The number of fused-ring (bicyclic) bond motifs is 1. The number of esters is 2. The number of aliphatic imine (C=N–C) groups is 1. The van der Waals surface area contributed by atoms with E-state index in [1.807, 2.05) is 6.07 Å². The summed E-state index contributed by atoms with van der Waals surface area (Å²) in [6.07, 6.45) is -0.371. The van der Waals surface area contributed by atoms with Crippen LogP contribution in [0.1, 0.15) is 27.9 Å². The standard InChI is InChI=1S/C26H30N6O7.ClH/c1-38-22(34)12-19(23(35)31-20(25(37)39-2)10-15-6-4-3-5-7-15)30-21(33)14-32-13-16-11-17(29-26(27)28)8-9-18(16)24(32)36;/h3-9,11,19-20H,10,12-14H2,1-2H3,(H,30,33)(H,31,35)(H4,27,28,29);1H/t19-,20-;/m0./s1. The van der Waals surface area contributed by atoms with Crippen LogP contribution >= 0.6 is 12.4 Å². The van der Waals surface area contributed by atoms with Gasteiger partial charge < -0.3 is 36.5 Å². The lowest BCUT2D eigenvalue weighted by molar-refractivity contribution is -0.146. The highest BCUT2D eigenvalue weighted by atomic mass is 35.5. The Balaban J connectivity index is 0.00000560. The van der Waals surface area contributed by atoms with Gasteiger partial charge in [-0.25, -0.2) is 9.79 Å². The van der Waals surface area contributed by atoms with Crippen LogP contribution in [-0.2, 0) is 41.6 Å². The lowest BCUT2D eigenvalue weighted by Crippen LogP contribution is -2.54. The summed E-state index contributed by atoms with van der Waals surface area (Å²) >= 11 is 0. The van der Waals surface area contributed by atoms with Crippen molar-refractivity contribution < 1.29 is 33.4 Å². The van der Waals surface area contributed by atoms with Crippen LogP contribution in [0, 0.1) is 0 Å². The minimum Gasteiger partial charge on any atom is -0.469 e. The zero-order chi connectivity index (χ0) is 28.5. The minimum absolute atomic E-state index is 0. The average Bonchev–Trinajstić information content (AvgIpc) is 3.21. The van der Waals surface area contributed by atoms with Gasteiger partial charge in [-0.05, 0) is 29.3 Å². The smallest absolute Gasteiger partial charge is 0.328 e. The molecular formula is C26H31ClN6O7. The first kappa shape index (κ1) is 31.6. The minimum atomic E-state index is -1.37. The molecule has 0 spiro atoms. The number of guanidine groups is 1. The highest BCUT2D eigenvalue weighted by Crippen LogP contribution is 2.26. The van der Waals surface area contributed by atoms with Gasteiger partial charge in [-0.3, -0.25) is 19.2 Å². The molecule has 0 saturated heterocycles. The number of halogens is 1. The van der Waals surface area contributed by atoms with E-state index in [-0.39, 0.29) is 43.8 Å². The molecular weight excluding hydrogens is 544 g/mol. The maximum absolute atomic E-state index is 13.1. The van der Waals surface area contributed by atoms with Gasteiger partial charge in [-0.15, -0.1) is 12.4 Å². The van der Waals surface area contributed by atoms with Crippen molar-refractivity contribution in [1.82, 2.24) is 15.5 Å². The molecule has 0 unspecified atom stereocenters. The molecule has 0 saturated carbocycles. The van der Waals surface area contributed by atoms with E-state index in [4.69, 9.17) is 16.2 Å². The van der Waals surface area contributed by atoms with Gasteiger partial charge in [0.2, 0.25) is 11.8 Å². The second-order valence-electron chi connectivity index (χ2n) is 8.71. The first-order chi connectivity index (χ1) is 18.6. The molecule has 1 aliphatic heterocycles. The van der Waals surface area contributed by atoms with E-state index in [1.54, 1.807) is 42.5 Å². The molecule has 0 bridgehead atoms. The van der Waals surface area contributed by atoms with Crippen molar-refractivity contribution in [2.75, 3.05) is 20.8 Å². The Morgan fingerprint density at radius 1 is 1.00 bits per heavy atom. The quantitative estimate of drug-likeness (QED) is 0.161. The molecule has 14 heteroatoms. The van der Waals surface area contributed by atoms with E-state index in [1.165, 1.54) is 12.0 Å². The third kappa shape index (κ3) is 8.43. The van der Waals surface area contributed by atoms with Crippen molar-refractivity contribution in [3.63, 3.8) is 0 Å². The van der Waals surface area contributed by atoms with E-state index >= 15 is 0 Å². The Labute approximate surface area is 236 Å². The summed E-state index contributed by atoms with van der Waals surface area (Å²) in [7, 11) is 2.33. The number of carbonyl (C=O) groups is 5. The van der Waals surface area contributed by atoms with Crippen LogP contribution in [0.2, 0.25) is 0 Å². The number of ether oxygens (including phenoxy) is 2. The normalized spacial score (nSPS) is 13.2. The number of methoxy groups -OCH3 is 2. The first-order valence-electron chi connectivity index (χ1n) is 11.9. The highest BCUT2D eigenvalue weighted by molar-refractivity contribution is 6.01. The molecule has 13 nitrogen and oxygen atoms in total. The van der Waals surface area contributed by atoms with Crippen LogP contribution in [0.4, 0.5) is 5.69 Å². The van der Waals surface area contributed by atoms with Crippen LogP contribution in [0.15, 0.2) is 53.5 Å². The number of amides is 3. The first-order valence-corrected chi connectivity index (χ1v) is 11.9. The molecule has 1 heterocycles. The number of nitrogens with zero attached hydrogens (tertiary/aromatic N) is 2. The number of carbonyl (C=O) groups excluding carboxylic acids is 5. The maximum atomic E-state index is 13.1. The summed E-state index contributed by atoms with van der Waals surface area (Å²) in [5.41, 5.74) is 13.0. The van der Waals surface area contributed by atoms with Crippen molar-refractivity contribution >= 4 is 53.7 Å². The summed E-state index contributed by atoms with van der Waals surface area (Å²) in [5.74, 6) is -3.47. The Bertz CT molecular complexity index is 1280. The van der Waals surface area contributed by atoms with Gasteiger partial charge in [-0.1, -0.05) is 30.3 Å². The average molecular weight is 575 g/mol. The van der Waals surface area contributed by atoms with Crippen molar-refractivity contribution in [3.8, 4) is 0 Å². The second kappa shape index (κ2) is 14.5. The van der Waals surface area contributed by atoms with E-state index in [0.29, 0.717) is 16.8 Å². The lowest BCUT2D eigenvalue weighted by Gasteiger charge is -2.23. The predicted octanol–water partition coefficient (Wildman–Crippen LogP) is -0.0825. The molecule has 0 fully saturated rings. The molecule has 2 atom stereocenters. The molecule has 0 aliphatic carbocycles. The van der Waals surface area contributed by atoms with Gasteiger partial charge in [0.15, 0.2) is 5.96 Å². The fourth-order valence-electron chi connectivity index (χ4n) is 4.04. The van der Waals surface area contributed by atoms with Gasteiger partial charge in [-0.2, -0.15) is 0 Å². The van der Waals surface area contributed by atoms with Crippen LogP contribution in [-0.4, -0.2) is 73.4 Å². The molecule has 6 N–H and O–H groups in total. The molecule has 2 aromatic carbocycles. The zero-order valence-corrected chi connectivity index (χ0v) is 22.7. The van der Waals surface area contributed by atoms with Crippen molar-refractivity contribution in [2.45, 2.75) is 31.5 Å². The van der Waals surface area contributed by atoms with E-state index in [0.717, 1.165) is 12.7 Å². The van der Waals surface area contributed by atoms with E-state index in [9.17, 15) is 24.0 Å². The van der Waals surface area contributed by atoms with E-state index < -0.39 is 42.3 Å².